The summed E-state index contributed by atoms with van der Waals surface area (Å²) < 4.78 is 4.03. The summed E-state index contributed by atoms with van der Waals surface area (Å²) in [4.78, 5) is 50.5. The predicted molar refractivity (Wildman–Crippen MR) is 150 cm³/mol. The van der Waals surface area contributed by atoms with Crippen molar-refractivity contribution < 1.29 is 9.59 Å². The number of carbonyl (C=O) groups excluding carboxylic acids is 2. The number of rotatable bonds is 4. The van der Waals surface area contributed by atoms with E-state index in [1.54, 1.807) is 27.8 Å². The van der Waals surface area contributed by atoms with Crippen molar-refractivity contribution in [2.45, 2.75) is 46.7 Å². The summed E-state index contributed by atoms with van der Waals surface area (Å²) in [5.41, 5.74) is 4.64. The van der Waals surface area contributed by atoms with Crippen molar-refractivity contribution >= 4 is 27.7 Å². The highest BCUT2D eigenvalue weighted by Crippen LogP contribution is 2.26. The lowest BCUT2D eigenvalue weighted by Crippen LogP contribution is -2.46. The molecule has 3 aromatic heterocycles. The van der Waals surface area contributed by atoms with Crippen LogP contribution >= 0.6 is 15.9 Å². The monoisotopic (exact) mass is 589 g/mol. The Morgan fingerprint density at radius 1 is 1.10 bits per heavy atom. The maximum atomic E-state index is 14.0. The summed E-state index contributed by atoms with van der Waals surface area (Å²) in [6.45, 7) is 7.82. The smallest absolute Gasteiger partial charge is 0.269 e. The topological polar surface area (TPSA) is 115 Å². The Kier molecular flexibility index (Phi) is 6.94. The number of carbonyl (C=O) groups is 2. The van der Waals surface area contributed by atoms with Gasteiger partial charge in [-0.25, -0.2) is 19.2 Å². The van der Waals surface area contributed by atoms with Gasteiger partial charge in [-0.3, -0.25) is 14.4 Å². The largest absolute Gasteiger partial charge is 0.354 e. The van der Waals surface area contributed by atoms with Crippen molar-refractivity contribution in [1.29, 1.82) is 0 Å². The second-order valence-corrected chi connectivity index (χ2v) is 10.6. The molecule has 1 atom stereocenters. The third kappa shape index (κ3) is 4.78. The fraction of sp³-hybridized carbons (Fsp3) is 0.286. The van der Waals surface area contributed by atoms with Crippen molar-refractivity contribution in [3.63, 3.8) is 0 Å². The molecule has 5 rings (SSSR count). The van der Waals surface area contributed by atoms with Gasteiger partial charge in [-0.1, -0.05) is 15.9 Å². The summed E-state index contributed by atoms with van der Waals surface area (Å²) in [6.07, 6.45) is 1.83. The van der Waals surface area contributed by atoms with E-state index >= 15 is 0 Å². The van der Waals surface area contributed by atoms with Gasteiger partial charge in [-0.2, -0.15) is 5.10 Å². The van der Waals surface area contributed by atoms with Crippen molar-refractivity contribution in [2.75, 3.05) is 7.05 Å². The molecule has 4 heterocycles. The highest BCUT2D eigenvalue weighted by atomic mass is 79.9. The van der Waals surface area contributed by atoms with E-state index in [-0.39, 0.29) is 35.7 Å². The summed E-state index contributed by atoms with van der Waals surface area (Å²) in [5.74, 6) is -0.146. The molecule has 2 amide bonds. The SMILES string of the molecule is CNC(=O)c1ccc(-n2c(-n3nc(C)cc3C)nc3c(c2=O)CC(C)N(C(=O)c2ccc(Br)c(C)c2)C3)cn1. The van der Waals surface area contributed by atoms with Gasteiger partial charge in [-0.15, -0.1) is 0 Å². The number of aryl methyl sites for hydroxylation is 3. The number of aromatic nitrogens is 5. The summed E-state index contributed by atoms with van der Waals surface area (Å²) in [7, 11) is 1.53. The first-order valence-corrected chi connectivity index (χ1v) is 13.3. The minimum absolute atomic E-state index is 0.114. The van der Waals surface area contributed by atoms with Gasteiger partial charge < -0.3 is 10.2 Å². The molecule has 1 aliphatic rings. The number of nitrogens with zero attached hydrogens (tertiary/aromatic N) is 6. The van der Waals surface area contributed by atoms with Crippen LogP contribution in [0.4, 0.5) is 0 Å². The van der Waals surface area contributed by atoms with E-state index in [2.05, 4.69) is 31.3 Å². The first kappa shape index (κ1) is 26.5. The van der Waals surface area contributed by atoms with Gasteiger partial charge in [-0.05, 0) is 76.1 Å². The van der Waals surface area contributed by atoms with Crippen LogP contribution in [0.2, 0.25) is 0 Å². The predicted octanol–water partition coefficient (Wildman–Crippen LogP) is 3.45. The first-order valence-electron chi connectivity index (χ1n) is 12.5. The zero-order chi connectivity index (χ0) is 28.0. The van der Waals surface area contributed by atoms with Gasteiger partial charge in [0.25, 0.3) is 17.4 Å². The normalized spacial score (nSPS) is 14.7. The fourth-order valence-electron chi connectivity index (χ4n) is 4.85. The molecule has 1 aliphatic heterocycles. The molecule has 0 radical (unpaired) electrons. The molecule has 0 saturated heterocycles. The Hall–Kier alpha value is -4.12. The van der Waals surface area contributed by atoms with Crippen molar-refractivity contribution in [1.82, 2.24) is 34.5 Å². The van der Waals surface area contributed by atoms with Crippen molar-refractivity contribution in [2.24, 2.45) is 0 Å². The highest BCUT2D eigenvalue weighted by Gasteiger charge is 2.32. The Morgan fingerprint density at radius 2 is 1.87 bits per heavy atom. The van der Waals surface area contributed by atoms with Crippen LogP contribution in [0, 0.1) is 20.8 Å². The molecule has 200 valence electrons. The van der Waals surface area contributed by atoms with Crippen LogP contribution in [-0.2, 0) is 13.0 Å². The van der Waals surface area contributed by atoms with Gasteiger partial charge in [0.2, 0.25) is 5.95 Å². The lowest BCUT2D eigenvalue weighted by atomic mass is 9.98. The van der Waals surface area contributed by atoms with Crippen LogP contribution in [0.1, 0.15) is 56.0 Å². The molecule has 0 aliphatic carbocycles. The fourth-order valence-corrected chi connectivity index (χ4v) is 5.10. The number of hydrogen-bond donors (Lipinski definition) is 1. The van der Waals surface area contributed by atoms with E-state index in [9.17, 15) is 14.4 Å². The van der Waals surface area contributed by atoms with Gasteiger partial charge in [0.15, 0.2) is 0 Å². The first-order chi connectivity index (χ1) is 18.6. The Labute approximate surface area is 233 Å². The minimum atomic E-state index is -0.323. The van der Waals surface area contributed by atoms with Crippen LogP contribution < -0.4 is 10.9 Å². The number of nitrogens with one attached hydrogen (secondary N) is 1. The second-order valence-electron chi connectivity index (χ2n) is 9.75. The molecule has 4 aromatic rings. The summed E-state index contributed by atoms with van der Waals surface area (Å²) in [5, 5.41) is 7.12. The Bertz CT molecular complexity index is 1670. The number of amides is 2. The van der Waals surface area contributed by atoms with Gasteiger partial charge in [0.1, 0.15) is 5.69 Å². The molecule has 0 spiro atoms. The summed E-state index contributed by atoms with van der Waals surface area (Å²) in [6, 6.07) is 10.4. The molecule has 11 heteroatoms. The van der Waals surface area contributed by atoms with Crippen LogP contribution in [0.15, 0.2) is 51.9 Å². The minimum Gasteiger partial charge on any atom is -0.354 e. The molecular weight excluding hydrogens is 562 g/mol. The Morgan fingerprint density at radius 3 is 2.49 bits per heavy atom. The molecular formula is C28H28BrN7O3. The number of benzene rings is 1. The van der Waals surface area contributed by atoms with Crippen molar-refractivity contribution in [3.8, 4) is 11.6 Å². The van der Waals surface area contributed by atoms with Gasteiger partial charge in [0.05, 0.1) is 29.8 Å². The van der Waals surface area contributed by atoms with Crippen LogP contribution in [-0.4, -0.2) is 54.1 Å². The van der Waals surface area contributed by atoms with E-state index in [4.69, 9.17) is 4.98 Å². The maximum Gasteiger partial charge on any atom is 0.269 e. The molecule has 0 fully saturated rings. The molecule has 1 unspecified atom stereocenters. The highest BCUT2D eigenvalue weighted by molar-refractivity contribution is 9.10. The van der Waals surface area contributed by atoms with E-state index in [0.717, 1.165) is 21.4 Å². The number of hydrogen-bond acceptors (Lipinski definition) is 6. The second kappa shape index (κ2) is 10.2. The van der Waals surface area contributed by atoms with Crippen molar-refractivity contribution in [3.05, 3.63) is 96.9 Å². The number of halogens is 1. The maximum absolute atomic E-state index is 14.0. The van der Waals surface area contributed by atoms with E-state index in [1.807, 2.05) is 45.9 Å². The molecule has 1 N–H and O–H groups in total. The van der Waals surface area contributed by atoms with Gasteiger partial charge >= 0.3 is 0 Å². The van der Waals surface area contributed by atoms with E-state index in [0.29, 0.717) is 34.9 Å². The standard InChI is InChI=1S/C28H28BrN7O3/c1-15-10-19(6-8-22(15)29)26(38)34-14-24-21(12-17(34)3)27(39)35(20-7-9-23(31-13-20)25(37)30-5)28(32-24)36-18(4)11-16(2)33-36/h6-11,13,17H,12,14H2,1-5H3,(H,30,37). The number of pyridine rings is 1. The zero-order valence-electron chi connectivity index (χ0n) is 22.3. The molecule has 0 bridgehead atoms. The lowest BCUT2D eigenvalue weighted by molar-refractivity contribution is 0.0652. The quantitative estimate of drug-likeness (QED) is 0.390. The van der Waals surface area contributed by atoms with E-state index in [1.165, 1.54) is 17.8 Å². The summed E-state index contributed by atoms with van der Waals surface area (Å²) >= 11 is 3.49. The molecule has 10 nitrogen and oxygen atoms in total. The molecule has 0 saturated carbocycles. The zero-order valence-corrected chi connectivity index (χ0v) is 23.9. The average Bonchev–Trinajstić information content (AvgIpc) is 3.26. The van der Waals surface area contributed by atoms with Crippen LogP contribution in [0.25, 0.3) is 11.6 Å². The number of fused-ring (bicyclic) bond motifs is 1. The average molecular weight is 590 g/mol. The van der Waals surface area contributed by atoms with Crippen LogP contribution in [0.3, 0.4) is 0 Å². The Balaban J connectivity index is 1.64. The molecule has 39 heavy (non-hydrogen) atoms. The lowest BCUT2D eigenvalue weighted by Gasteiger charge is -2.34. The van der Waals surface area contributed by atoms with E-state index < -0.39 is 0 Å². The third-order valence-electron chi connectivity index (χ3n) is 6.93. The van der Waals surface area contributed by atoms with Gasteiger partial charge in [0, 0.05) is 34.4 Å². The third-order valence-corrected chi connectivity index (χ3v) is 7.82. The van der Waals surface area contributed by atoms with Crippen LogP contribution in [0.5, 0.6) is 0 Å². The molecule has 1 aromatic carbocycles.